The normalized spacial score (nSPS) is 10.4. The Morgan fingerprint density at radius 3 is 2.75 bits per heavy atom. The van der Waals surface area contributed by atoms with Gasteiger partial charge in [-0.3, -0.25) is 4.98 Å². The smallest absolute Gasteiger partial charge is 0.145 e. The fraction of sp³-hybridized carbons (Fsp3) is 0.267. The summed E-state index contributed by atoms with van der Waals surface area (Å²) in [5.41, 5.74) is 8.72. The first-order valence-electron chi connectivity index (χ1n) is 6.19. The maximum absolute atomic E-state index is 13.2. The van der Waals surface area contributed by atoms with Crippen molar-refractivity contribution in [3.63, 3.8) is 0 Å². The Morgan fingerprint density at radius 2 is 2.05 bits per heavy atom. The number of pyridine rings is 1. The lowest BCUT2D eigenvalue weighted by molar-refractivity contribution is 0.299. The molecule has 0 amide bonds. The van der Waals surface area contributed by atoms with Crippen LogP contribution in [0, 0.1) is 19.7 Å². The Balaban J connectivity index is 2.21. The van der Waals surface area contributed by atoms with E-state index in [0.29, 0.717) is 11.4 Å². The molecule has 2 rings (SSSR count). The summed E-state index contributed by atoms with van der Waals surface area (Å²) < 4.78 is 24.0. The zero-order valence-corrected chi connectivity index (χ0v) is 11.7. The minimum atomic E-state index is -0.389. The molecule has 0 saturated heterocycles. The zero-order chi connectivity index (χ0) is 14.7. The molecule has 0 spiro atoms. The Kier molecular flexibility index (Phi) is 4.08. The van der Waals surface area contributed by atoms with Crippen LogP contribution in [0.2, 0.25) is 0 Å². The van der Waals surface area contributed by atoms with Crippen LogP contribution in [0.25, 0.3) is 0 Å². The zero-order valence-electron chi connectivity index (χ0n) is 11.7. The van der Waals surface area contributed by atoms with Crippen molar-refractivity contribution in [2.45, 2.75) is 20.5 Å². The highest BCUT2D eigenvalue weighted by atomic mass is 19.1. The van der Waals surface area contributed by atoms with Gasteiger partial charge in [-0.2, -0.15) is 0 Å². The molecule has 2 aromatic rings. The first-order valence-corrected chi connectivity index (χ1v) is 6.19. The summed E-state index contributed by atoms with van der Waals surface area (Å²) in [6, 6.07) is 4.03. The van der Waals surface area contributed by atoms with E-state index in [1.807, 2.05) is 13.8 Å². The van der Waals surface area contributed by atoms with Gasteiger partial charge in [-0.15, -0.1) is 0 Å². The maximum atomic E-state index is 13.2. The lowest BCUT2D eigenvalue weighted by Crippen LogP contribution is -2.05. The van der Waals surface area contributed by atoms with Crippen LogP contribution in [0.5, 0.6) is 11.5 Å². The Hall–Kier alpha value is -2.30. The molecule has 0 saturated carbocycles. The summed E-state index contributed by atoms with van der Waals surface area (Å²) >= 11 is 0. The number of nitrogen functional groups attached to an aromatic ring is 1. The van der Waals surface area contributed by atoms with Crippen LogP contribution in [0.1, 0.15) is 16.8 Å². The molecule has 1 heterocycles. The molecule has 20 heavy (non-hydrogen) atoms. The standard InChI is InChI=1S/C15H17FN2O2/c1-9-7-18-13(10(2)15(9)19-3)8-20-14-6-11(16)4-5-12(14)17/h4-7H,8,17H2,1-3H3. The van der Waals surface area contributed by atoms with Crippen LogP contribution in [-0.4, -0.2) is 12.1 Å². The predicted octanol–water partition coefficient (Wildman–Crippen LogP) is 3.01. The summed E-state index contributed by atoms with van der Waals surface area (Å²) in [6.07, 6.45) is 1.72. The molecule has 0 fully saturated rings. The van der Waals surface area contributed by atoms with Crippen LogP contribution in [0.4, 0.5) is 10.1 Å². The van der Waals surface area contributed by atoms with Crippen LogP contribution < -0.4 is 15.2 Å². The maximum Gasteiger partial charge on any atom is 0.145 e. The van der Waals surface area contributed by atoms with E-state index in [1.54, 1.807) is 13.3 Å². The summed E-state index contributed by atoms with van der Waals surface area (Å²) in [7, 11) is 1.62. The van der Waals surface area contributed by atoms with Gasteiger partial charge < -0.3 is 15.2 Å². The summed E-state index contributed by atoms with van der Waals surface area (Å²) in [4.78, 5) is 4.31. The predicted molar refractivity (Wildman–Crippen MR) is 75.4 cm³/mol. The number of hydrogen-bond acceptors (Lipinski definition) is 4. The number of aromatic nitrogens is 1. The number of aryl methyl sites for hydroxylation is 1. The van der Waals surface area contributed by atoms with Crippen molar-refractivity contribution in [2.24, 2.45) is 0 Å². The molecule has 1 aromatic heterocycles. The molecule has 0 bridgehead atoms. The molecule has 0 atom stereocenters. The van der Waals surface area contributed by atoms with Crippen molar-refractivity contribution in [3.8, 4) is 11.5 Å². The third kappa shape index (κ3) is 2.82. The van der Waals surface area contributed by atoms with Gasteiger partial charge in [-0.05, 0) is 26.0 Å². The Labute approximate surface area is 117 Å². The third-order valence-electron chi connectivity index (χ3n) is 3.09. The molecular formula is C15H17FN2O2. The third-order valence-corrected chi connectivity index (χ3v) is 3.09. The van der Waals surface area contributed by atoms with Gasteiger partial charge in [0.2, 0.25) is 0 Å². The molecule has 0 aliphatic carbocycles. The first-order chi connectivity index (χ1) is 9.52. The lowest BCUT2D eigenvalue weighted by Gasteiger charge is -2.13. The van der Waals surface area contributed by atoms with Gasteiger partial charge in [0.1, 0.15) is 23.9 Å². The van der Waals surface area contributed by atoms with Crippen molar-refractivity contribution in [2.75, 3.05) is 12.8 Å². The highest BCUT2D eigenvalue weighted by Crippen LogP contribution is 2.27. The van der Waals surface area contributed by atoms with Gasteiger partial charge in [-0.25, -0.2) is 4.39 Å². The van der Waals surface area contributed by atoms with Gasteiger partial charge in [-0.1, -0.05) is 0 Å². The number of benzene rings is 1. The van der Waals surface area contributed by atoms with Crippen LogP contribution >= 0.6 is 0 Å². The van der Waals surface area contributed by atoms with E-state index in [4.69, 9.17) is 15.2 Å². The summed E-state index contributed by atoms with van der Waals surface area (Å²) in [5, 5.41) is 0. The van der Waals surface area contributed by atoms with Gasteiger partial charge in [0.05, 0.1) is 18.5 Å². The molecule has 0 aliphatic rings. The second-order valence-corrected chi connectivity index (χ2v) is 4.52. The molecule has 2 N–H and O–H groups in total. The van der Waals surface area contributed by atoms with Gasteiger partial charge in [0.15, 0.2) is 0 Å². The van der Waals surface area contributed by atoms with Gasteiger partial charge in [0, 0.05) is 23.4 Å². The Morgan fingerprint density at radius 1 is 1.30 bits per heavy atom. The fourth-order valence-corrected chi connectivity index (χ4v) is 2.00. The van der Waals surface area contributed by atoms with Crippen molar-refractivity contribution in [1.82, 2.24) is 4.98 Å². The molecule has 106 valence electrons. The molecule has 4 nitrogen and oxygen atoms in total. The van der Waals surface area contributed by atoms with Crippen molar-refractivity contribution < 1.29 is 13.9 Å². The number of ether oxygens (including phenoxy) is 2. The minimum absolute atomic E-state index is 0.204. The SMILES string of the molecule is COc1c(C)cnc(COc2cc(F)ccc2N)c1C. The molecule has 5 heteroatoms. The van der Waals surface area contributed by atoms with Crippen molar-refractivity contribution >= 4 is 5.69 Å². The van der Waals surface area contributed by atoms with Crippen LogP contribution in [0.15, 0.2) is 24.4 Å². The monoisotopic (exact) mass is 276 g/mol. The average molecular weight is 276 g/mol. The first kappa shape index (κ1) is 14.1. The number of halogens is 1. The average Bonchev–Trinajstić information content (AvgIpc) is 2.42. The van der Waals surface area contributed by atoms with Crippen molar-refractivity contribution in [1.29, 1.82) is 0 Å². The number of methoxy groups -OCH3 is 1. The number of anilines is 1. The number of hydrogen-bond donors (Lipinski definition) is 1. The number of nitrogens with zero attached hydrogens (tertiary/aromatic N) is 1. The Bertz CT molecular complexity index is 630. The van der Waals surface area contributed by atoms with E-state index in [2.05, 4.69) is 4.98 Å². The largest absolute Gasteiger partial charge is 0.496 e. The van der Waals surface area contributed by atoms with E-state index >= 15 is 0 Å². The lowest BCUT2D eigenvalue weighted by atomic mass is 10.1. The minimum Gasteiger partial charge on any atom is -0.496 e. The summed E-state index contributed by atoms with van der Waals surface area (Å²) in [6.45, 7) is 4.04. The van der Waals surface area contributed by atoms with E-state index in [0.717, 1.165) is 22.6 Å². The second-order valence-electron chi connectivity index (χ2n) is 4.52. The van der Waals surface area contributed by atoms with E-state index in [9.17, 15) is 4.39 Å². The van der Waals surface area contributed by atoms with Gasteiger partial charge in [0.25, 0.3) is 0 Å². The fourth-order valence-electron chi connectivity index (χ4n) is 2.00. The molecule has 1 aromatic carbocycles. The van der Waals surface area contributed by atoms with E-state index in [1.165, 1.54) is 18.2 Å². The highest BCUT2D eigenvalue weighted by Gasteiger charge is 2.11. The van der Waals surface area contributed by atoms with E-state index < -0.39 is 0 Å². The number of rotatable bonds is 4. The van der Waals surface area contributed by atoms with E-state index in [-0.39, 0.29) is 12.4 Å². The van der Waals surface area contributed by atoms with Crippen LogP contribution in [0.3, 0.4) is 0 Å². The van der Waals surface area contributed by atoms with Crippen molar-refractivity contribution in [3.05, 3.63) is 47.0 Å². The molecule has 0 radical (unpaired) electrons. The molecule has 0 unspecified atom stereocenters. The summed E-state index contributed by atoms with van der Waals surface area (Å²) in [5.74, 6) is 0.705. The highest BCUT2D eigenvalue weighted by molar-refractivity contribution is 5.52. The van der Waals surface area contributed by atoms with Gasteiger partial charge >= 0.3 is 0 Å². The molecule has 0 aliphatic heterocycles. The number of nitrogens with two attached hydrogens (primary N) is 1. The quantitative estimate of drug-likeness (QED) is 0.872. The van der Waals surface area contributed by atoms with Crippen LogP contribution in [-0.2, 0) is 6.61 Å². The molecular weight excluding hydrogens is 259 g/mol. The topological polar surface area (TPSA) is 57.4 Å². The second kappa shape index (κ2) is 5.77.